The molecule has 0 atom stereocenters. The molecule has 0 unspecified atom stereocenters. The van der Waals surface area contributed by atoms with Gasteiger partial charge in [-0.25, -0.2) is 0 Å². The molecule has 1 heterocycles. The first-order valence-electron chi connectivity index (χ1n) is 6.09. The fraction of sp³-hybridized carbons (Fsp3) is 0.417. The van der Waals surface area contributed by atoms with E-state index in [-0.39, 0.29) is 5.75 Å². The van der Waals surface area contributed by atoms with Gasteiger partial charge in [-0.2, -0.15) is 16.4 Å². The van der Waals surface area contributed by atoms with Crippen LogP contribution in [-0.2, 0) is 0 Å². The van der Waals surface area contributed by atoms with Crippen molar-refractivity contribution in [2.45, 2.75) is 18.5 Å². The third kappa shape index (κ3) is 4.14. The van der Waals surface area contributed by atoms with E-state index in [1.54, 1.807) is 40.7 Å². The zero-order chi connectivity index (χ0) is 13.5. The highest BCUT2D eigenvalue weighted by molar-refractivity contribution is 8.00. The Morgan fingerprint density at radius 1 is 1.21 bits per heavy atom. The minimum Gasteiger partial charge on any atom is -0.508 e. The minimum atomic E-state index is 0.239. The SMILES string of the molecule is CCSCCCSc1nnnn1-c1ccc(O)cc1. The van der Waals surface area contributed by atoms with Crippen molar-refractivity contribution >= 4 is 23.5 Å². The summed E-state index contributed by atoms with van der Waals surface area (Å²) in [6, 6.07) is 6.85. The van der Waals surface area contributed by atoms with Gasteiger partial charge in [0.2, 0.25) is 5.16 Å². The van der Waals surface area contributed by atoms with Crippen LogP contribution < -0.4 is 0 Å². The summed E-state index contributed by atoms with van der Waals surface area (Å²) in [7, 11) is 0. The number of phenolic OH excluding ortho intramolecular Hbond substituents is 1. The molecule has 1 aromatic heterocycles. The Morgan fingerprint density at radius 3 is 2.74 bits per heavy atom. The molecule has 5 nitrogen and oxygen atoms in total. The second-order valence-corrected chi connectivity index (χ2v) is 6.24. The number of phenols is 1. The van der Waals surface area contributed by atoms with Crippen molar-refractivity contribution in [3.8, 4) is 11.4 Å². The van der Waals surface area contributed by atoms with Crippen LogP contribution in [0.1, 0.15) is 13.3 Å². The molecule has 0 amide bonds. The van der Waals surface area contributed by atoms with E-state index in [1.807, 2.05) is 11.8 Å². The smallest absolute Gasteiger partial charge is 0.214 e. The number of benzene rings is 1. The first-order chi connectivity index (χ1) is 9.31. The van der Waals surface area contributed by atoms with Gasteiger partial charge in [-0.05, 0) is 52.6 Å². The third-order valence-corrected chi connectivity index (χ3v) is 4.39. The zero-order valence-electron chi connectivity index (χ0n) is 10.7. The first-order valence-corrected chi connectivity index (χ1v) is 8.23. The second kappa shape index (κ2) is 7.40. The Morgan fingerprint density at radius 2 is 2.00 bits per heavy atom. The van der Waals surface area contributed by atoms with Crippen molar-refractivity contribution in [1.82, 2.24) is 20.2 Å². The van der Waals surface area contributed by atoms with Crippen LogP contribution in [0.4, 0.5) is 0 Å². The molecule has 0 spiro atoms. The average Bonchev–Trinajstić information content (AvgIpc) is 2.88. The molecule has 1 aromatic carbocycles. The molecule has 1 N–H and O–H groups in total. The minimum absolute atomic E-state index is 0.239. The summed E-state index contributed by atoms with van der Waals surface area (Å²) in [5.41, 5.74) is 0.855. The lowest BCUT2D eigenvalue weighted by Crippen LogP contribution is -1.99. The van der Waals surface area contributed by atoms with Gasteiger partial charge in [0, 0.05) is 5.75 Å². The Kier molecular flexibility index (Phi) is 5.53. The largest absolute Gasteiger partial charge is 0.508 e. The lowest BCUT2D eigenvalue weighted by Gasteiger charge is -2.04. The first kappa shape index (κ1) is 14.2. The molecule has 19 heavy (non-hydrogen) atoms. The summed E-state index contributed by atoms with van der Waals surface area (Å²) < 4.78 is 1.69. The lowest BCUT2D eigenvalue weighted by molar-refractivity contribution is 0.475. The fourth-order valence-electron chi connectivity index (χ4n) is 1.49. The van der Waals surface area contributed by atoms with Gasteiger partial charge in [-0.15, -0.1) is 5.10 Å². The Bertz CT molecular complexity index is 501. The molecule has 2 rings (SSSR count). The van der Waals surface area contributed by atoms with Crippen molar-refractivity contribution < 1.29 is 5.11 Å². The summed E-state index contributed by atoms with van der Waals surface area (Å²) in [5.74, 6) is 3.58. The van der Waals surface area contributed by atoms with Crippen LogP contribution in [0.15, 0.2) is 29.4 Å². The van der Waals surface area contributed by atoms with Gasteiger partial charge in [0.1, 0.15) is 5.75 Å². The summed E-state index contributed by atoms with van der Waals surface area (Å²) in [6.07, 6.45) is 1.14. The maximum absolute atomic E-state index is 9.28. The quantitative estimate of drug-likeness (QED) is 0.626. The molecular formula is C12H16N4OS2. The molecular weight excluding hydrogens is 280 g/mol. The fourth-order valence-corrected chi connectivity index (χ4v) is 3.14. The average molecular weight is 296 g/mol. The highest BCUT2D eigenvalue weighted by atomic mass is 32.2. The van der Waals surface area contributed by atoms with E-state index in [0.29, 0.717) is 0 Å². The molecule has 0 bridgehead atoms. The van der Waals surface area contributed by atoms with Crippen LogP contribution in [0.5, 0.6) is 5.75 Å². The molecule has 0 fully saturated rings. The molecule has 0 aliphatic heterocycles. The summed E-state index contributed by atoms with van der Waals surface area (Å²) in [4.78, 5) is 0. The molecule has 2 aromatic rings. The molecule has 0 aliphatic rings. The van der Waals surface area contributed by atoms with Crippen LogP contribution in [0.2, 0.25) is 0 Å². The van der Waals surface area contributed by atoms with Crippen LogP contribution in [0.25, 0.3) is 5.69 Å². The highest BCUT2D eigenvalue weighted by Gasteiger charge is 2.08. The van der Waals surface area contributed by atoms with E-state index in [0.717, 1.165) is 28.8 Å². The maximum Gasteiger partial charge on any atom is 0.214 e. The summed E-state index contributed by atoms with van der Waals surface area (Å²) >= 11 is 3.60. The number of tetrazole rings is 1. The topological polar surface area (TPSA) is 63.8 Å². The Hall–Kier alpha value is -1.21. The predicted octanol–water partition coefficient (Wildman–Crippen LogP) is 2.60. The highest BCUT2D eigenvalue weighted by Crippen LogP contribution is 2.20. The van der Waals surface area contributed by atoms with Crippen molar-refractivity contribution in [2.75, 3.05) is 17.3 Å². The number of aromatic nitrogens is 4. The van der Waals surface area contributed by atoms with Crippen LogP contribution in [0, 0.1) is 0 Å². The maximum atomic E-state index is 9.28. The third-order valence-electron chi connectivity index (χ3n) is 2.40. The zero-order valence-corrected chi connectivity index (χ0v) is 12.3. The predicted molar refractivity (Wildman–Crippen MR) is 79.2 cm³/mol. The van der Waals surface area contributed by atoms with Crippen LogP contribution in [-0.4, -0.2) is 42.6 Å². The lowest BCUT2D eigenvalue weighted by atomic mass is 10.3. The molecule has 7 heteroatoms. The standard InChI is InChI=1S/C12H16N4OS2/c1-2-18-8-3-9-19-12-13-14-15-16(12)10-4-6-11(17)7-5-10/h4-7,17H,2-3,8-9H2,1H3. The van der Waals surface area contributed by atoms with Crippen molar-refractivity contribution in [3.05, 3.63) is 24.3 Å². The summed E-state index contributed by atoms with van der Waals surface area (Å²) in [6.45, 7) is 2.17. The number of nitrogens with zero attached hydrogens (tertiary/aromatic N) is 4. The Labute approximate surface area is 120 Å². The van der Waals surface area contributed by atoms with Gasteiger partial charge in [0.15, 0.2) is 0 Å². The van der Waals surface area contributed by atoms with Gasteiger partial charge in [0.05, 0.1) is 5.69 Å². The van der Waals surface area contributed by atoms with Crippen molar-refractivity contribution in [2.24, 2.45) is 0 Å². The van der Waals surface area contributed by atoms with E-state index >= 15 is 0 Å². The van der Waals surface area contributed by atoms with E-state index in [2.05, 4.69) is 22.4 Å². The van der Waals surface area contributed by atoms with Gasteiger partial charge in [0.25, 0.3) is 0 Å². The molecule has 0 saturated heterocycles. The van der Waals surface area contributed by atoms with Gasteiger partial charge in [-0.3, -0.25) is 0 Å². The molecule has 0 aliphatic carbocycles. The van der Waals surface area contributed by atoms with E-state index in [9.17, 15) is 5.11 Å². The number of aromatic hydroxyl groups is 1. The van der Waals surface area contributed by atoms with Gasteiger partial charge in [-0.1, -0.05) is 18.7 Å². The normalized spacial score (nSPS) is 10.8. The molecule has 0 radical (unpaired) electrons. The number of thioether (sulfide) groups is 2. The van der Waals surface area contributed by atoms with E-state index < -0.39 is 0 Å². The van der Waals surface area contributed by atoms with Crippen molar-refractivity contribution in [1.29, 1.82) is 0 Å². The van der Waals surface area contributed by atoms with Gasteiger partial charge < -0.3 is 5.11 Å². The molecule has 102 valence electrons. The number of hydrogen-bond donors (Lipinski definition) is 1. The van der Waals surface area contributed by atoms with E-state index in [4.69, 9.17) is 0 Å². The van der Waals surface area contributed by atoms with Gasteiger partial charge >= 0.3 is 0 Å². The second-order valence-electron chi connectivity index (χ2n) is 3.79. The molecule has 0 saturated carbocycles. The van der Waals surface area contributed by atoms with E-state index in [1.165, 1.54) is 5.75 Å². The monoisotopic (exact) mass is 296 g/mol. The van der Waals surface area contributed by atoms with Crippen LogP contribution in [0.3, 0.4) is 0 Å². The van der Waals surface area contributed by atoms with Crippen molar-refractivity contribution in [3.63, 3.8) is 0 Å². The number of rotatable bonds is 7. The Balaban J connectivity index is 1.96. The van der Waals surface area contributed by atoms with Crippen LogP contribution >= 0.6 is 23.5 Å². The number of hydrogen-bond acceptors (Lipinski definition) is 6. The summed E-state index contributed by atoms with van der Waals surface area (Å²) in [5, 5.41) is 21.8.